The van der Waals surface area contributed by atoms with Crippen LogP contribution in [-0.4, -0.2) is 47.7 Å². The summed E-state index contributed by atoms with van der Waals surface area (Å²) in [5, 5.41) is 4.04. The van der Waals surface area contributed by atoms with Crippen molar-refractivity contribution in [1.29, 1.82) is 0 Å². The molecule has 4 nitrogen and oxygen atoms in total. The lowest BCUT2D eigenvalue weighted by Crippen LogP contribution is -2.25. The molecule has 23 heavy (non-hydrogen) atoms. The predicted octanol–water partition coefficient (Wildman–Crippen LogP) is 3.59. The van der Waals surface area contributed by atoms with Gasteiger partial charge in [-0.25, -0.2) is 0 Å². The Balaban J connectivity index is 1.32. The number of nitrogens with zero attached hydrogens (tertiary/aromatic N) is 2. The van der Waals surface area contributed by atoms with E-state index in [4.69, 9.17) is 16.4 Å². The lowest BCUT2D eigenvalue weighted by molar-refractivity contribution is -0.0943. The SMILES string of the molecule is Clc1ccc2[nH]cc(CCN3CC=C(CN4CCCC4)O3)c2c1. The molecule has 0 unspecified atom stereocenters. The zero-order chi connectivity index (χ0) is 15.6. The molecule has 0 bridgehead atoms. The van der Waals surface area contributed by atoms with Crippen molar-refractivity contribution in [3.05, 3.63) is 46.8 Å². The van der Waals surface area contributed by atoms with Crippen LogP contribution in [0.25, 0.3) is 10.9 Å². The number of likely N-dealkylation sites (tertiary alicyclic amines) is 1. The number of fused-ring (bicyclic) bond motifs is 1. The molecule has 1 aromatic carbocycles. The van der Waals surface area contributed by atoms with Crippen molar-refractivity contribution in [3.8, 4) is 0 Å². The molecule has 122 valence electrons. The van der Waals surface area contributed by atoms with Gasteiger partial charge in [-0.05, 0) is 62.2 Å². The van der Waals surface area contributed by atoms with E-state index in [1.54, 1.807) is 0 Å². The highest BCUT2D eigenvalue weighted by molar-refractivity contribution is 6.31. The highest BCUT2D eigenvalue weighted by Crippen LogP contribution is 2.23. The molecule has 2 aromatic rings. The minimum Gasteiger partial charge on any atom is -0.409 e. The molecular formula is C18H22ClN3O. The Kier molecular flexibility index (Phi) is 4.29. The minimum atomic E-state index is 0.783. The van der Waals surface area contributed by atoms with Gasteiger partial charge in [0, 0.05) is 28.7 Å². The highest BCUT2D eigenvalue weighted by atomic mass is 35.5. The molecule has 0 aliphatic carbocycles. The summed E-state index contributed by atoms with van der Waals surface area (Å²) in [4.78, 5) is 11.8. The normalized spacial score (nSPS) is 19.4. The van der Waals surface area contributed by atoms with Gasteiger partial charge in [-0.15, -0.1) is 5.06 Å². The zero-order valence-electron chi connectivity index (χ0n) is 13.2. The van der Waals surface area contributed by atoms with Crippen molar-refractivity contribution in [2.45, 2.75) is 19.3 Å². The lowest BCUT2D eigenvalue weighted by atomic mass is 10.1. The van der Waals surface area contributed by atoms with Crippen LogP contribution in [0.15, 0.2) is 36.2 Å². The van der Waals surface area contributed by atoms with Crippen LogP contribution in [0.1, 0.15) is 18.4 Å². The number of hydroxylamine groups is 2. The third kappa shape index (κ3) is 3.39. The maximum Gasteiger partial charge on any atom is 0.136 e. The maximum absolute atomic E-state index is 6.11. The van der Waals surface area contributed by atoms with Crippen LogP contribution in [0.5, 0.6) is 0 Å². The summed E-state index contributed by atoms with van der Waals surface area (Å²) in [6.45, 7) is 5.14. The van der Waals surface area contributed by atoms with Gasteiger partial charge in [-0.3, -0.25) is 4.90 Å². The Morgan fingerprint density at radius 3 is 2.96 bits per heavy atom. The fourth-order valence-electron chi connectivity index (χ4n) is 3.44. The van der Waals surface area contributed by atoms with E-state index >= 15 is 0 Å². The molecule has 4 rings (SSSR count). The number of halogens is 1. The molecule has 1 fully saturated rings. The molecule has 0 saturated carbocycles. The standard InChI is InChI=1S/C18H22ClN3O/c19-15-3-4-18-17(11-15)14(12-20-18)5-9-22-10-6-16(23-22)13-21-7-1-2-8-21/h3-4,6,11-12,20H,1-2,5,7-10,13H2. The van der Waals surface area contributed by atoms with Gasteiger partial charge in [-0.1, -0.05) is 11.6 Å². The lowest BCUT2D eigenvalue weighted by Gasteiger charge is -2.19. The second kappa shape index (κ2) is 6.56. The summed E-state index contributed by atoms with van der Waals surface area (Å²) in [6, 6.07) is 5.98. The van der Waals surface area contributed by atoms with E-state index in [1.165, 1.54) is 36.9 Å². The number of benzene rings is 1. The van der Waals surface area contributed by atoms with Gasteiger partial charge in [0.25, 0.3) is 0 Å². The molecule has 2 aliphatic heterocycles. The molecule has 0 atom stereocenters. The summed E-state index contributed by atoms with van der Waals surface area (Å²) < 4.78 is 0. The Hall–Kier alpha value is -1.49. The monoisotopic (exact) mass is 331 g/mol. The van der Waals surface area contributed by atoms with E-state index < -0.39 is 0 Å². The van der Waals surface area contributed by atoms with Gasteiger partial charge in [0.1, 0.15) is 5.76 Å². The van der Waals surface area contributed by atoms with Gasteiger partial charge < -0.3 is 9.82 Å². The van der Waals surface area contributed by atoms with Crippen LogP contribution in [0.4, 0.5) is 0 Å². The molecule has 2 aliphatic rings. The van der Waals surface area contributed by atoms with Gasteiger partial charge in [-0.2, -0.15) is 0 Å². The van der Waals surface area contributed by atoms with Crippen molar-refractivity contribution < 1.29 is 4.84 Å². The predicted molar refractivity (Wildman–Crippen MR) is 93.4 cm³/mol. The second-order valence-electron chi connectivity index (χ2n) is 6.39. The smallest absolute Gasteiger partial charge is 0.136 e. The van der Waals surface area contributed by atoms with Crippen molar-refractivity contribution in [3.63, 3.8) is 0 Å². The van der Waals surface area contributed by atoms with E-state index in [-0.39, 0.29) is 0 Å². The molecule has 3 heterocycles. The van der Waals surface area contributed by atoms with E-state index in [0.717, 1.165) is 42.4 Å². The Morgan fingerprint density at radius 2 is 2.09 bits per heavy atom. The summed E-state index contributed by atoms with van der Waals surface area (Å²) in [5.41, 5.74) is 2.43. The molecule has 0 amide bonds. The first kappa shape index (κ1) is 15.1. The van der Waals surface area contributed by atoms with E-state index in [0.29, 0.717) is 0 Å². The van der Waals surface area contributed by atoms with Crippen LogP contribution in [0, 0.1) is 0 Å². The van der Waals surface area contributed by atoms with E-state index in [1.807, 2.05) is 18.2 Å². The Labute approximate surface area is 141 Å². The van der Waals surface area contributed by atoms with Crippen LogP contribution in [-0.2, 0) is 11.3 Å². The zero-order valence-corrected chi connectivity index (χ0v) is 14.0. The number of rotatable bonds is 5. The first-order chi connectivity index (χ1) is 11.3. The highest BCUT2D eigenvalue weighted by Gasteiger charge is 2.20. The van der Waals surface area contributed by atoms with Crippen molar-refractivity contribution in [2.24, 2.45) is 0 Å². The van der Waals surface area contributed by atoms with E-state index in [9.17, 15) is 0 Å². The first-order valence-corrected chi connectivity index (χ1v) is 8.75. The third-order valence-corrected chi connectivity index (χ3v) is 4.94. The van der Waals surface area contributed by atoms with Gasteiger partial charge in [0.2, 0.25) is 0 Å². The number of hydrogen-bond donors (Lipinski definition) is 1. The Morgan fingerprint density at radius 1 is 1.22 bits per heavy atom. The molecule has 1 aromatic heterocycles. The molecule has 5 heteroatoms. The van der Waals surface area contributed by atoms with Crippen molar-refractivity contribution in [2.75, 3.05) is 32.7 Å². The van der Waals surface area contributed by atoms with Gasteiger partial charge >= 0.3 is 0 Å². The van der Waals surface area contributed by atoms with Gasteiger partial charge in [0.15, 0.2) is 0 Å². The van der Waals surface area contributed by atoms with Crippen LogP contribution in [0.2, 0.25) is 5.02 Å². The van der Waals surface area contributed by atoms with Crippen LogP contribution >= 0.6 is 11.6 Å². The molecule has 1 saturated heterocycles. The first-order valence-electron chi connectivity index (χ1n) is 8.38. The number of H-pyrrole nitrogens is 1. The quantitative estimate of drug-likeness (QED) is 0.908. The number of aromatic amines is 1. The Bertz CT molecular complexity index is 718. The van der Waals surface area contributed by atoms with Crippen molar-refractivity contribution in [1.82, 2.24) is 14.9 Å². The number of nitrogens with one attached hydrogen (secondary N) is 1. The van der Waals surface area contributed by atoms with Gasteiger partial charge in [0.05, 0.1) is 13.1 Å². The molecule has 1 N–H and O–H groups in total. The van der Waals surface area contributed by atoms with Crippen molar-refractivity contribution >= 4 is 22.5 Å². The third-order valence-electron chi connectivity index (χ3n) is 4.71. The van der Waals surface area contributed by atoms with Crippen LogP contribution in [0.3, 0.4) is 0 Å². The average Bonchev–Trinajstić information content (AvgIpc) is 3.27. The summed E-state index contributed by atoms with van der Waals surface area (Å²) >= 11 is 6.11. The number of hydrogen-bond acceptors (Lipinski definition) is 3. The van der Waals surface area contributed by atoms with Crippen LogP contribution < -0.4 is 0 Å². The maximum atomic E-state index is 6.11. The molecule has 0 radical (unpaired) electrons. The summed E-state index contributed by atoms with van der Waals surface area (Å²) in [5.74, 6) is 1.11. The topological polar surface area (TPSA) is 31.5 Å². The minimum absolute atomic E-state index is 0.783. The fourth-order valence-corrected chi connectivity index (χ4v) is 3.61. The largest absolute Gasteiger partial charge is 0.409 e. The molecular weight excluding hydrogens is 310 g/mol. The van der Waals surface area contributed by atoms with E-state index in [2.05, 4.69) is 27.2 Å². The average molecular weight is 332 g/mol. The summed E-state index contributed by atoms with van der Waals surface area (Å²) in [7, 11) is 0. The summed E-state index contributed by atoms with van der Waals surface area (Å²) in [6.07, 6.45) is 7.88. The number of aromatic nitrogens is 1. The fraction of sp³-hybridized carbons (Fsp3) is 0.444. The second-order valence-corrected chi connectivity index (χ2v) is 6.82. The molecule has 0 spiro atoms.